The fourth-order valence-electron chi connectivity index (χ4n) is 4.73. The van der Waals surface area contributed by atoms with Crippen LogP contribution in [0.15, 0.2) is 53.6 Å². The highest BCUT2D eigenvalue weighted by atomic mass is 32.3. The number of ether oxygens (including phenoxy) is 1. The van der Waals surface area contributed by atoms with Crippen LogP contribution in [0, 0.1) is 6.92 Å². The number of carboxylic acids is 1. The van der Waals surface area contributed by atoms with E-state index in [9.17, 15) is 19.0 Å². The number of carboxylic acid groups (broad SMARTS) is 1. The number of rotatable bonds is 10. The Hall–Kier alpha value is -2.92. The third kappa shape index (κ3) is 6.37. The summed E-state index contributed by atoms with van der Waals surface area (Å²) in [5.74, 6) is -0.569. The Bertz CT molecular complexity index is 1260. The van der Waals surface area contributed by atoms with Crippen LogP contribution >= 0.6 is 10.8 Å². The zero-order chi connectivity index (χ0) is 27.4. The standard InChI is InChI=1S/C28H38N4O5S/c1-5-25-18-31(38(35,36)27-9-7-6-8-26(27)37-25)16-23-14-21(11-10-20(23)4)22(15-28(33)34)12-13-24-17-32(19(2)3)30-29-24/h6-11,14,17,19,22,25,35-36H,5,12-13,15-16,18H2,1-4H3,(H,33,34)/t22?,25-/m1/s1. The van der Waals surface area contributed by atoms with Gasteiger partial charge in [-0.15, -0.1) is 15.9 Å². The summed E-state index contributed by atoms with van der Waals surface area (Å²) >= 11 is 0. The summed E-state index contributed by atoms with van der Waals surface area (Å²) < 4.78 is 32.4. The molecule has 4 rings (SSSR count). The predicted octanol–water partition coefficient (Wildman–Crippen LogP) is 6.06. The number of hydrogen-bond acceptors (Lipinski definition) is 7. The van der Waals surface area contributed by atoms with Crippen molar-refractivity contribution in [3.63, 3.8) is 0 Å². The lowest BCUT2D eigenvalue weighted by molar-refractivity contribution is -0.137. The van der Waals surface area contributed by atoms with Gasteiger partial charge in [-0.3, -0.25) is 13.9 Å². The molecule has 38 heavy (non-hydrogen) atoms. The number of aromatic nitrogens is 3. The molecule has 0 amide bonds. The van der Waals surface area contributed by atoms with E-state index in [-0.39, 0.29) is 24.5 Å². The third-order valence-corrected chi connectivity index (χ3v) is 9.03. The number of hydrogen-bond donors (Lipinski definition) is 3. The van der Waals surface area contributed by atoms with Gasteiger partial charge in [0.05, 0.1) is 18.7 Å². The highest BCUT2D eigenvalue weighted by Gasteiger charge is 2.34. The topological polar surface area (TPSA) is 121 Å². The number of para-hydroxylation sites is 1. The van der Waals surface area contributed by atoms with Crippen molar-refractivity contribution >= 4 is 16.7 Å². The number of aliphatic carboxylic acids is 1. The molecule has 3 aromatic rings. The molecule has 2 atom stereocenters. The van der Waals surface area contributed by atoms with Crippen molar-refractivity contribution in [3.05, 3.63) is 71.0 Å². The van der Waals surface area contributed by atoms with E-state index in [1.807, 2.05) is 58.2 Å². The number of benzene rings is 2. The largest absolute Gasteiger partial charge is 0.487 e. The summed E-state index contributed by atoms with van der Waals surface area (Å²) in [6, 6.07) is 13.3. The van der Waals surface area contributed by atoms with E-state index in [4.69, 9.17) is 4.74 Å². The van der Waals surface area contributed by atoms with Crippen molar-refractivity contribution in [1.82, 2.24) is 19.3 Å². The molecule has 1 unspecified atom stereocenters. The Morgan fingerprint density at radius 2 is 1.97 bits per heavy atom. The van der Waals surface area contributed by atoms with Gasteiger partial charge in [-0.1, -0.05) is 42.5 Å². The van der Waals surface area contributed by atoms with Gasteiger partial charge in [0.2, 0.25) is 0 Å². The number of nitrogens with zero attached hydrogens (tertiary/aromatic N) is 4. The quantitative estimate of drug-likeness (QED) is 0.283. The van der Waals surface area contributed by atoms with Gasteiger partial charge in [-0.2, -0.15) is 4.31 Å². The molecule has 0 saturated carbocycles. The van der Waals surface area contributed by atoms with Crippen LogP contribution in [0.2, 0.25) is 0 Å². The molecule has 3 N–H and O–H groups in total. The second-order valence-corrected chi connectivity index (χ2v) is 12.2. The highest BCUT2D eigenvalue weighted by Crippen LogP contribution is 2.57. The number of fused-ring (bicyclic) bond motifs is 1. The molecule has 2 heterocycles. The molecular formula is C28H38N4O5S. The zero-order valence-corrected chi connectivity index (χ0v) is 23.3. The minimum absolute atomic E-state index is 0.00115. The smallest absolute Gasteiger partial charge is 0.303 e. The summed E-state index contributed by atoms with van der Waals surface area (Å²) in [4.78, 5) is 12.1. The van der Waals surface area contributed by atoms with Gasteiger partial charge in [0, 0.05) is 18.8 Å². The van der Waals surface area contributed by atoms with Crippen LogP contribution in [0.3, 0.4) is 0 Å². The van der Waals surface area contributed by atoms with Gasteiger partial charge in [0.15, 0.2) is 0 Å². The zero-order valence-electron chi connectivity index (χ0n) is 22.4. The van der Waals surface area contributed by atoms with Gasteiger partial charge < -0.3 is 9.84 Å². The Morgan fingerprint density at radius 3 is 2.66 bits per heavy atom. The Balaban J connectivity index is 1.60. The maximum Gasteiger partial charge on any atom is 0.303 e. The Labute approximate surface area is 225 Å². The molecule has 0 aliphatic carbocycles. The minimum atomic E-state index is -3.28. The molecule has 0 spiro atoms. The molecule has 1 aromatic heterocycles. The van der Waals surface area contributed by atoms with E-state index in [1.165, 1.54) is 0 Å². The van der Waals surface area contributed by atoms with Crippen molar-refractivity contribution in [2.24, 2.45) is 0 Å². The summed E-state index contributed by atoms with van der Waals surface area (Å²) in [6.07, 6.45) is 3.68. The maximum absolute atomic E-state index is 11.7. The second-order valence-electron chi connectivity index (χ2n) is 10.2. The average Bonchev–Trinajstić information content (AvgIpc) is 3.32. The predicted molar refractivity (Wildman–Crippen MR) is 148 cm³/mol. The van der Waals surface area contributed by atoms with Gasteiger partial charge in [0.1, 0.15) is 16.7 Å². The molecule has 2 aromatic carbocycles. The van der Waals surface area contributed by atoms with Crippen molar-refractivity contribution in [3.8, 4) is 5.75 Å². The molecule has 1 aliphatic heterocycles. The van der Waals surface area contributed by atoms with Gasteiger partial charge in [0.25, 0.3) is 0 Å². The Kier molecular flexibility index (Phi) is 8.77. The van der Waals surface area contributed by atoms with Crippen LogP contribution in [0.1, 0.15) is 74.4 Å². The molecular weight excluding hydrogens is 504 g/mol. The van der Waals surface area contributed by atoms with Crippen molar-refractivity contribution in [2.75, 3.05) is 6.54 Å². The molecule has 0 bridgehead atoms. The van der Waals surface area contributed by atoms with Crippen LogP contribution < -0.4 is 4.74 Å². The van der Waals surface area contributed by atoms with Crippen LogP contribution in [0.4, 0.5) is 0 Å². The van der Waals surface area contributed by atoms with E-state index < -0.39 is 16.7 Å². The van der Waals surface area contributed by atoms with Crippen molar-refractivity contribution in [1.29, 1.82) is 0 Å². The summed E-state index contributed by atoms with van der Waals surface area (Å²) in [6.45, 7) is 8.74. The SMILES string of the molecule is CC[C@@H]1CN(Cc2cc(C(CCc3cn(C(C)C)nn3)CC(=O)O)ccc2C)S(O)(O)c2ccccc2O1. The molecule has 0 saturated heterocycles. The molecule has 0 radical (unpaired) electrons. The van der Waals surface area contributed by atoms with Crippen LogP contribution in [0.25, 0.3) is 0 Å². The van der Waals surface area contributed by atoms with Gasteiger partial charge in [-0.05, 0) is 74.8 Å². The molecule has 0 fully saturated rings. The fourth-order valence-corrected chi connectivity index (χ4v) is 6.35. The molecule has 9 nitrogen and oxygen atoms in total. The summed E-state index contributed by atoms with van der Waals surface area (Å²) in [5, 5.41) is 18.0. The van der Waals surface area contributed by atoms with Gasteiger partial charge in [-0.25, -0.2) is 4.68 Å². The summed E-state index contributed by atoms with van der Waals surface area (Å²) in [5.41, 5.74) is 3.69. The fraction of sp³-hybridized carbons (Fsp3) is 0.464. The lowest BCUT2D eigenvalue weighted by Gasteiger charge is -2.42. The first-order valence-electron chi connectivity index (χ1n) is 13.1. The highest BCUT2D eigenvalue weighted by molar-refractivity contribution is 8.22. The monoisotopic (exact) mass is 542 g/mol. The first kappa shape index (κ1) is 28.1. The van der Waals surface area contributed by atoms with Crippen LogP contribution in [0.5, 0.6) is 5.75 Å². The summed E-state index contributed by atoms with van der Waals surface area (Å²) in [7, 11) is -3.28. The van der Waals surface area contributed by atoms with E-state index in [1.54, 1.807) is 27.2 Å². The van der Waals surface area contributed by atoms with Crippen LogP contribution in [-0.2, 0) is 17.8 Å². The van der Waals surface area contributed by atoms with E-state index in [0.29, 0.717) is 36.6 Å². The van der Waals surface area contributed by atoms with Crippen LogP contribution in [-0.4, -0.2) is 52.1 Å². The molecule has 1 aliphatic rings. The second kappa shape index (κ2) is 11.9. The van der Waals surface area contributed by atoms with Gasteiger partial charge >= 0.3 is 5.97 Å². The minimum Gasteiger partial charge on any atom is -0.487 e. The maximum atomic E-state index is 11.7. The number of carbonyl (C=O) groups is 1. The first-order chi connectivity index (χ1) is 18.1. The van der Waals surface area contributed by atoms with Crippen molar-refractivity contribution in [2.45, 2.75) is 82.9 Å². The van der Waals surface area contributed by atoms with E-state index >= 15 is 0 Å². The van der Waals surface area contributed by atoms with Crippen molar-refractivity contribution < 1.29 is 23.7 Å². The van der Waals surface area contributed by atoms with E-state index in [0.717, 1.165) is 28.8 Å². The molecule has 206 valence electrons. The normalized spacial score (nSPS) is 18.9. The third-order valence-electron chi connectivity index (χ3n) is 7.11. The Morgan fingerprint density at radius 1 is 1.21 bits per heavy atom. The number of aryl methyl sites for hydroxylation is 2. The molecule has 10 heteroatoms. The lowest BCUT2D eigenvalue weighted by atomic mass is 9.88. The first-order valence-corrected chi connectivity index (χ1v) is 14.6. The average molecular weight is 543 g/mol. The lowest BCUT2D eigenvalue weighted by Crippen LogP contribution is -2.34. The van der Waals surface area contributed by atoms with E-state index in [2.05, 4.69) is 10.3 Å².